The fourth-order valence-corrected chi connectivity index (χ4v) is 0.937. The molecule has 1 aromatic rings. The number of nitrogens with zero attached hydrogens (tertiary/aromatic N) is 2. The van der Waals surface area contributed by atoms with E-state index in [4.69, 9.17) is 5.21 Å². The highest BCUT2D eigenvalue weighted by Crippen LogP contribution is 2.21. The van der Waals surface area contributed by atoms with E-state index in [1.165, 1.54) is 24.5 Å². The maximum absolute atomic E-state index is 12.2. The van der Waals surface area contributed by atoms with Gasteiger partial charge >= 0.3 is 6.18 Å². The number of aryl methyl sites for hydroxylation is 1. The summed E-state index contributed by atoms with van der Waals surface area (Å²) < 4.78 is 38.2. The monoisotopic (exact) mass is 205 g/mol. The zero-order valence-corrected chi connectivity index (χ0v) is 7.28. The van der Waals surface area contributed by atoms with Crippen LogP contribution in [0.4, 0.5) is 13.2 Å². The molecule has 0 unspecified atom stereocenters. The van der Waals surface area contributed by atoms with Crippen molar-refractivity contribution in [3.8, 4) is 0 Å². The zero-order valence-electron chi connectivity index (χ0n) is 7.28. The van der Waals surface area contributed by atoms with Gasteiger partial charge in [0.15, 0.2) is 18.1 Å². The first-order chi connectivity index (χ1) is 6.45. The molecule has 76 valence electrons. The number of hydrogen-bond donors (Lipinski definition) is 1. The molecular formula is C8H8F3N2O+. The van der Waals surface area contributed by atoms with Crippen LogP contribution < -0.4 is 4.57 Å². The van der Waals surface area contributed by atoms with E-state index in [1.54, 1.807) is 11.6 Å². The Morgan fingerprint density at radius 3 is 2.21 bits per heavy atom. The van der Waals surface area contributed by atoms with E-state index < -0.39 is 11.9 Å². The lowest BCUT2D eigenvalue weighted by atomic mass is 10.1. The first-order valence-electron chi connectivity index (χ1n) is 3.70. The Morgan fingerprint density at radius 2 is 1.86 bits per heavy atom. The van der Waals surface area contributed by atoms with Crippen molar-refractivity contribution in [2.24, 2.45) is 12.2 Å². The number of pyridine rings is 1. The molecule has 6 heteroatoms. The fourth-order valence-electron chi connectivity index (χ4n) is 0.937. The van der Waals surface area contributed by atoms with Crippen molar-refractivity contribution in [3.05, 3.63) is 30.1 Å². The number of oxime groups is 1. The highest BCUT2D eigenvalue weighted by Gasteiger charge is 2.37. The Morgan fingerprint density at radius 1 is 1.36 bits per heavy atom. The van der Waals surface area contributed by atoms with Crippen LogP contribution in [0.3, 0.4) is 0 Å². The zero-order chi connectivity index (χ0) is 10.8. The van der Waals surface area contributed by atoms with Gasteiger partial charge in [0.2, 0.25) is 0 Å². The lowest BCUT2D eigenvalue weighted by Crippen LogP contribution is -2.29. The first-order valence-corrected chi connectivity index (χ1v) is 3.70. The quantitative estimate of drug-likeness (QED) is 0.318. The SMILES string of the molecule is C[n+]1ccc(/C(=N\O)C(F)(F)F)cc1. The predicted molar refractivity (Wildman–Crippen MR) is 42.0 cm³/mol. The van der Waals surface area contributed by atoms with Crippen LogP contribution in [-0.4, -0.2) is 17.1 Å². The molecule has 0 saturated carbocycles. The van der Waals surface area contributed by atoms with Crippen LogP contribution in [0.15, 0.2) is 29.7 Å². The van der Waals surface area contributed by atoms with E-state index in [0.29, 0.717) is 0 Å². The van der Waals surface area contributed by atoms with Crippen LogP contribution >= 0.6 is 0 Å². The summed E-state index contributed by atoms with van der Waals surface area (Å²) in [6.45, 7) is 0. The van der Waals surface area contributed by atoms with Crippen molar-refractivity contribution in [2.45, 2.75) is 6.18 Å². The second-order valence-corrected chi connectivity index (χ2v) is 2.70. The summed E-state index contributed by atoms with van der Waals surface area (Å²) in [5, 5.41) is 10.5. The molecule has 1 N–H and O–H groups in total. The summed E-state index contributed by atoms with van der Waals surface area (Å²) in [5.41, 5.74) is -1.46. The maximum atomic E-state index is 12.2. The Kier molecular flexibility index (Phi) is 2.73. The Bertz CT molecular complexity index is 343. The van der Waals surface area contributed by atoms with Crippen LogP contribution in [0, 0.1) is 0 Å². The summed E-state index contributed by atoms with van der Waals surface area (Å²) in [6.07, 6.45) is -1.77. The lowest BCUT2D eigenvalue weighted by molar-refractivity contribution is -0.671. The van der Waals surface area contributed by atoms with Crippen LogP contribution in [0.5, 0.6) is 0 Å². The Hall–Kier alpha value is -1.59. The van der Waals surface area contributed by atoms with Gasteiger partial charge in [-0.1, -0.05) is 5.16 Å². The average Bonchev–Trinajstić information content (AvgIpc) is 2.07. The molecule has 1 heterocycles. The average molecular weight is 205 g/mol. The van der Waals surface area contributed by atoms with Crippen molar-refractivity contribution in [2.75, 3.05) is 0 Å². The first kappa shape index (κ1) is 10.5. The largest absolute Gasteiger partial charge is 0.437 e. The minimum atomic E-state index is -4.64. The number of aromatic nitrogens is 1. The van der Waals surface area contributed by atoms with E-state index in [9.17, 15) is 13.2 Å². The van der Waals surface area contributed by atoms with Crippen LogP contribution in [0.2, 0.25) is 0 Å². The third-order valence-electron chi connectivity index (χ3n) is 1.62. The second kappa shape index (κ2) is 3.65. The molecule has 0 bridgehead atoms. The van der Waals surface area contributed by atoms with Gasteiger partial charge in [-0.25, -0.2) is 4.57 Å². The van der Waals surface area contributed by atoms with E-state index in [-0.39, 0.29) is 5.56 Å². The molecule has 14 heavy (non-hydrogen) atoms. The van der Waals surface area contributed by atoms with Crippen molar-refractivity contribution in [1.82, 2.24) is 0 Å². The minimum absolute atomic E-state index is 0.168. The third kappa shape index (κ3) is 2.21. The molecule has 0 amide bonds. The summed E-state index contributed by atoms with van der Waals surface area (Å²) in [7, 11) is 1.67. The van der Waals surface area contributed by atoms with E-state index in [2.05, 4.69) is 5.16 Å². The van der Waals surface area contributed by atoms with E-state index in [0.717, 1.165) is 0 Å². The number of rotatable bonds is 1. The van der Waals surface area contributed by atoms with Crippen LogP contribution in [-0.2, 0) is 7.05 Å². The van der Waals surface area contributed by atoms with Gasteiger partial charge in [0.1, 0.15) is 7.05 Å². The van der Waals surface area contributed by atoms with Gasteiger partial charge < -0.3 is 5.21 Å². The number of alkyl halides is 3. The molecular weight excluding hydrogens is 197 g/mol. The molecule has 0 saturated heterocycles. The van der Waals surface area contributed by atoms with E-state index in [1.807, 2.05) is 0 Å². The Labute approximate surface area is 78.1 Å². The molecule has 0 aliphatic rings. The van der Waals surface area contributed by atoms with Gasteiger partial charge in [-0.3, -0.25) is 0 Å². The molecule has 0 atom stereocenters. The molecule has 1 rings (SSSR count). The number of hydrogen-bond acceptors (Lipinski definition) is 2. The second-order valence-electron chi connectivity index (χ2n) is 2.70. The molecule has 0 fully saturated rings. The predicted octanol–water partition coefficient (Wildman–Crippen LogP) is 1.25. The fraction of sp³-hybridized carbons (Fsp3) is 0.250. The van der Waals surface area contributed by atoms with Crippen LogP contribution in [0.25, 0.3) is 0 Å². The lowest BCUT2D eigenvalue weighted by Gasteiger charge is -2.06. The van der Waals surface area contributed by atoms with Crippen molar-refractivity contribution < 1.29 is 22.9 Å². The summed E-state index contributed by atoms with van der Waals surface area (Å²) >= 11 is 0. The topological polar surface area (TPSA) is 36.5 Å². The molecule has 1 aromatic heterocycles. The van der Waals surface area contributed by atoms with Gasteiger partial charge in [-0.05, 0) is 0 Å². The summed E-state index contributed by atoms with van der Waals surface area (Å²) in [5.74, 6) is 0. The molecule has 0 aliphatic carbocycles. The highest BCUT2D eigenvalue weighted by molar-refractivity contribution is 6.03. The van der Waals surface area contributed by atoms with Crippen molar-refractivity contribution >= 4 is 5.71 Å². The molecule has 0 spiro atoms. The summed E-state index contributed by atoms with van der Waals surface area (Å²) in [4.78, 5) is 0. The molecule has 0 radical (unpaired) electrons. The van der Waals surface area contributed by atoms with Gasteiger partial charge in [-0.15, -0.1) is 0 Å². The van der Waals surface area contributed by atoms with Gasteiger partial charge in [0, 0.05) is 17.7 Å². The molecule has 0 aliphatic heterocycles. The number of halogens is 3. The smallest absolute Gasteiger partial charge is 0.410 e. The van der Waals surface area contributed by atoms with Gasteiger partial charge in [0.25, 0.3) is 0 Å². The molecule has 3 nitrogen and oxygen atoms in total. The van der Waals surface area contributed by atoms with Gasteiger partial charge in [0.05, 0.1) is 0 Å². The standard InChI is InChI=1S/C8H7F3N2O/c1-13-4-2-6(3-5-13)7(12-14)8(9,10)11/h2-5H,1H3/p+1. The third-order valence-corrected chi connectivity index (χ3v) is 1.62. The van der Waals surface area contributed by atoms with E-state index >= 15 is 0 Å². The van der Waals surface area contributed by atoms with Crippen molar-refractivity contribution in [1.29, 1.82) is 0 Å². The highest BCUT2D eigenvalue weighted by atomic mass is 19.4. The summed E-state index contributed by atoms with van der Waals surface area (Å²) in [6, 6.07) is 2.45. The maximum Gasteiger partial charge on any atom is 0.437 e. The normalized spacial score (nSPS) is 13.0. The van der Waals surface area contributed by atoms with Gasteiger partial charge in [-0.2, -0.15) is 13.2 Å². The Balaban J connectivity index is 3.10. The van der Waals surface area contributed by atoms with Crippen molar-refractivity contribution in [3.63, 3.8) is 0 Å². The minimum Gasteiger partial charge on any atom is -0.410 e. The molecule has 0 aromatic carbocycles. The van der Waals surface area contributed by atoms with Crippen LogP contribution in [0.1, 0.15) is 5.56 Å².